The van der Waals surface area contributed by atoms with Gasteiger partial charge in [0.15, 0.2) is 23.7 Å². The van der Waals surface area contributed by atoms with Crippen LogP contribution in [-0.2, 0) is 35.7 Å². The van der Waals surface area contributed by atoms with Crippen molar-refractivity contribution in [1.29, 1.82) is 0 Å². The molecule has 0 radical (unpaired) electrons. The molecule has 4 N–H and O–H groups in total. The molecule has 202 valence electrons. The Kier molecular flexibility index (Phi) is 7.00. The Morgan fingerprint density at radius 3 is 2.65 bits per heavy atom. The SMILES string of the molecule is CCN(C)[C@@H]1Cc2ccc(OC)c3c2[C@@]2(C)[C@@H](O3)C(OC(=O)[C@H](C)OC(=O)C[C@H](N)C(=O)O)=CC[C@@]12O. The Morgan fingerprint density at radius 1 is 1.32 bits per heavy atom. The van der Waals surface area contributed by atoms with E-state index in [1.807, 2.05) is 33.0 Å². The lowest BCUT2D eigenvalue weighted by Gasteiger charge is -2.56. The first-order chi connectivity index (χ1) is 17.4. The summed E-state index contributed by atoms with van der Waals surface area (Å²) < 4.78 is 22.6. The van der Waals surface area contributed by atoms with Crippen LogP contribution in [0.25, 0.3) is 0 Å². The van der Waals surface area contributed by atoms with Gasteiger partial charge in [0.2, 0.25) is 0 Å². The first-order valence-corrected chi connectivity index (χ1v) is 12.3. The van der Waals surface area contributed by atoms with E-state index in [0.29, 0.717) is 17.9 Å². The highest BCUT2D eigenvalue weighted by Crippen LogP contribution is 2.62. The van der Waals surface area contributed by atoms with E-state index in [2.05, 4.69) is 4.90 Å². The van der Waals surface area contributed by atoms with E-state index in [1.54, 1.807) is 6.08 Å². The number of benzene rings is 1. The summed E-state index contributed by atoms with van der Waals surface area (Å²) in [5.41, 5.74) is 5.04. The third-order valence-corrected chi connectivity index (χ3v) is 8.04. The predicted octanol–water partition coefficient (Wildman–Crippen LogP) is 0.886. The van der Waals surface area contributed by atoms with Gasteiger partial charge in [0.25, 0.3) is 0 Å². The lowest BCUT2D eigenvalue weighted by atomic mass is 9.54. The van der Waals surface area contributed by atoms with E-state index in [4.69, 9.17) is 29.8 Å². The van der Waals surface area contributed by atoms with Crippen LogP contribution in [0.1, 0.15) is 44.7 Å². The summed E-state index contributed by atoms with van der Waals surface area (Å²) in [6, 6.07) is 2.16. The molecule has 0 amide bonds. The highest BCUT2D eigenvalue weighted by Gasteiger charge is 2.68. The Balaban J connectivity index is 1.64. The Hall–Kier alpha value is -3.15. The summed E-state index contributed by atoms with van der Waals surface area (Å²) in [4.78, 5) is 37.9. The number of nitrogens with zero attached hydrogens (tertiary/aromatic N) is 1. The zero-order valence-electron chi connectivity index (χ0n) is 21.6. The number of aliphatic hydroxyl groups is 1. The zero-order valence-corrected chi connectivity index (χ0v) is 21.6. The van der Waals surface area contributed by atoms with E-state index in [0.717, 1.165) is 17.7 Å². The van der Waals surface area contributed by atoms with Crippen LogP contribution < -0.4 is 15.2 Å². The maximum atomic E-state index is 12.9. The minimum atomic E-state index is -1.44. The van der Waals surface area contributed by atoms with Crippen molar-refractivity contribution in [2.24, 2.45) is 5.73 Å². The number of esters is 2. The molecule has 0 saturated carbocycles. The molecule has 1 aliphatic heterocycles. The first-order valence-electron chi connectivity index (χ1n) is 12.3. The van der Waals surface area contributed by atoms with E-state index < -0.39 is 53.6 Å². The molecule has 11 nitrogen and oxygen atoms in total. The second kappa shape index (κ2) is 9.62. The fourth-order valence-electron chi connectivity index (χ4n) is 5.80. The standard InChI is InChI=1S/C26H34N2O9/c1-6-28(4)18-11-14-7-8-16(34-5)21-20(14)25(3)22(37-21)17(9-10-26(18,25)33)36-24(32)13(2)35-19(29)12-15(27)23(30)31/h7-9,13,15,18,22,33H,6,10-12,27H2,1-5H3,(H,30,31)/t13-,15-,18+,22-,25-,26+/m0/s1. The van der Waals surface area contributed by atoms with Gasteiger partial charge in [0, 0.05) is 18.0 Å². The Morgan fingerprint density at radius 2 is 2.03 bits per heavy atom. The summed E-state index contributed by atoms with van der Waals surface area (Å²) >= 11 is 0. The molecule has 11 heteroatoms. The van der Waals surface area contributed by atoms with Crippen LogP contribution in [0.4, 0.5) is 0 Å². The average molecular weight is 519 g/mol. The molecule has 2 aliphatic carbocycles. The normalized spacial score (nSPS) is 28.9. The van der Waals surface area contributed by atoms with Gasteiger partial charge >= 0.3 is 17.9 Å². The molecular formula is C26H34N2O9. The molecule has 3 aliphatic rings. The molecule has 1 aromatic rings. The minimum absolute atomic E-state index is 0.200. The number of ether oxygens (including phenoxy) is 4. The van der Waals surface area contributed by atoms with Crippen LogP contribution in [0.15, 0.2) is 24.0 Å². The molecular weight excluding hydrogens is 484 g/mol. The molecule has 0 aromatic heterocycles. The van der Waals surface area contributed by atoms with Crippen LogP contribution in [0, 0.1) is 0 Å². The number of carbonyl (C=O) groups is 3. The minimum Gasteiger partial charge on any atom is -0.493 e. The number of carboxylic acid groups (broad SMARTS) is 1. The summed E-state index contributed by atoms with van der Waals surface area (Å²) in [7, 11) is 3.51. The topological polar surface area (TPSA) is 158 Å². The number of carboxylic acids is 1. The number of nitrogens with two attached hydrogens (primary N) is 1. The van der Waals surface area contributed by atoms with Crippen LogP contribution in [0.5, 0.6) is 11.5 Å². The van der Waals surface area contributed by atoms with Crippen molar-refractivity contribution in [2.45, 2.75) is 75.3 Å². The maximum Gasteiger partial charge on any atom is 0.352 e. The van der Waals surface area contributed by atoms with Crippen molar-refractivity contribution in [2.75, 3.05) is 20.7 Å². The van der Waals surface area contributed by atoms with Gasteiger partial charge in [-0.25, -0.2) is 4.79 Å². The van der Waals surface area contributed by atoms with Gasteiger partial charge in [-0.1, -0.05) is 13.0 Å². The highest BCUT2D eigenvalue weighted by molar-refractivity contribution is 5.84. The van der Waals surface area contributed by atoms with Crippen LogP contribution in [0.3, 0.4) is 0 Å². The molecule has 37 heavy (non-hydrogen) atoms. The van der Waals surface area contributed by atoms with Crippen LogP contribution in [0.2, 0.25) is 0 Å². The lowest BCUT2D eigenvalue weighted by molar-refractivity contribution is -0.168. The number of methoxy groups -OCH3 is 1. The number of aliphatic carboxylic acids is 1. The molecule has 6 atom stereocenters. The van der Waals surface area contributed by atoms with Gasteiger partial charge in [-0.05, 0) is 51.6 Å². The van der Waals surface area contributed by atoms with Crippen molar-refractivity contribution in [3.63, 3.8) is 0 Å². The first kappa shape index (κ1) is 26.9. The van der Waals surface area contributed by atoms with Gasteiger partial charge in [0.05, 0.1) is 24.5 Å². The largest absolute Gasteiger partial charge is 0.493 e. The molecule has 0 unspecified atom stereocenters. The average Bonchev–Trinajstić information content (AvgIpc) is 3.18. The molecule has 0 fully saturated rings. The smallest absolute Gasteiger partial charge is 0.352 e. The highest BCUT2D eigenvalue weighted by atomic mass is 16.6. The monoisotopic (exact) mass is 518 g/mol. The number of hydrogen-bond donors (Lipinski definition) is 3. The van der Waals surface area contributed by atoms with Crippen molar-refractivity contribution in [3.05, 3.63) is 35.1 Å². The third kappa shape index (κ3) is 4.14. The predicted molar refractivity (Wildman–Crippen MR) is 130 cm³/mol. The lowest BCUT2D eigenvalue weighted by Crippen LogP contribution is -2.69. The van der Waals surface area contributed by atoms with Gasteiger partial charge in [-0.2, -0.15) is 0 Å². The number of hydrogen-bond acceptors (Lipinski definition) is 10. The molecule has 4 rings (SSSR count). The summed E-state index contributed by atoms with van der Waals surface area (Å²) in [5, 5.41) is 21.1. The van der Waals surface area contributed by atoms with Crippen LogP contribution >= 0.6 is 0 Å². The number of carbonyl (C=O) groups excluding carboxylic acids is 2. The van der Waals surface area contributed by atoms with Crippen molar-refractivity contribution in [3.8, 4) is 11.5 Å². The summed E-state index contributed by atoms with van der Waals surface area (Å²) in [6.45, 7) is 6.00. The van der Waals surface area contributed by atoms with E-state index in [1.165, 1.54) is 14.0 Å². The quantitative estimate of drug-likeness (QED) is 0.399. The third-order valence-electron chi connectivity index (χ3n) is 8.04. The second-order valence-corrected chi connectivity index (χ2v) is 10.1. The number of likely N-dealkylation sites (N-methyl/N-ethyl adjacent to an activating group) is 1. The number of rotatable bonds is 9. The summed E-state index contributed by atoms with van der Waals surface area (Å²) in [5.74, 6) is -1.92. The van der Waals surface area contributed by atoms with Gasteiger partial charge in [-0.15, -0.1) is 0 Å². The van der Waals surface area contributed by atoms with Crippen molar-refractivity contribution >= 4 is 17.9 Å². The van der Waals surface area contributed by atoms with Gasteiger partial charge in [-0.3, -0.25) is 9.59 Å². The molecule has 0 bridgehead atoms. The maximum absolute atomic E-state index is 12.9. The fraction of sp³-hybridized carbons (Fsp3) is 0.577. The molecule has 1 heterocycles. The van der Waals surface area contributed by atoms with E-state index >= 15 is 0 Å². The van der Waals surface area contributed by atoms with Gasteiger partial charge < -0.3 is 39.8 Å². The van der Waals surface area contributed by atoms with E-state index in [-0.39, 0.29) is 18.2 Å². The molecule has 0 saturated heterocycles. The summed E-state index contributed by atoms with van der Waals surface area (Å²) in [6.07, 6.45) is -0.263. The van der Waals surface area contributed by atoms with Crippen molar-refractivity contribution < 1.29 is 43.5 Å². The molecule has 0 spiro atoms. The molecule has 1 aromatic carbocycles. The Bertz CT molecular complexity index is 1150. The Labute approximate surface area is 215 Å². The van der Waals surface area contributed by atoms with Crippen LogP contribution in [-0.4, -0.2) is 83.6 Å². The fourth-order valence-corrected chi connectivity index (χ4v) is 5.80. The zero-order chi connectivity index (χ0) is 27.3. The van der Waals surface area contributed by atoms with E-state index in [9.17, 15) is 19.5 Å². The van der Waals surface area contributed by atoms with Gasteiger partial charge in [0.1, 0.15) is 11.8 Å². The second-order valence-electron chi connectivity index (χ2n) is 10.1. The van der Waals surface area contributed by atoms with Crippen molar-refractivity contribution in [1.82, 2.24) is 4.90 Å².